The van der Waals surface area contributed by atoms with Gasteiger partial charge in [0.1, 0.15) is 0 Å². The maximum absolute atomic E-state index is 4.60. The average molecular weight is 868 g/mol. The summed E-state index contributed by atoms with van der Waals surface area (Å²) < 4.78 is 2.22. The molecule has 0 aliphatic carbocycles. The second kappa shape index (κ2) is 17.4. The van der Waals surface area contributed by atoms with E-state index < -0.39 is 0 Å². The summed E-state index contributed by atoms with van der Waals surface area (Å²) >= 11 is 0. The topological polar surface area (TPSA) is 24.3 Å². The van der Waals surface area contributed by atoms with Crippen LogP contribution in [-0.4, -0.2) is 9.55 Å². The molecule has 0 amide bonds. The van der Waals surface area contributed by atoms with Crippen molar-refractivity contribution in [3.05, 3.63) is 211 Å². The van der Waals surface area contributed by atoms with Crippen LogP contribution in [0.1, 0.15) is 61.8 Å². The van der Waals surface area contributed by atoms with Crippen LogP contribution in [0.25, 0.3) is 28.5 Å². The minimum atomic E-state index is 0. The summed E-state index contributed by atoms with van der Waals surface area (Å²) in [5.74, 6) is 1.86. The van der Waals surface area contributed by atoms with Crippen molar-refractivity contribution in [2.24, 2.45) is 0 Å². The van der Waals surface area contributed by atoms with Crippen LogP contribution in [0.15, 0.2) is 170 Å². The number of aromatic nitrogens is 2. The van der Waals surface area contributed by atoms with E-state index in [2.05, 4.69) is 193 Å². The van der Waals surface area contributed by atoms with Gasteiger partial charge in [-0.25, -0.2) is 0 Å². The zero-order valence-electron chi connectivity index (χ0n) is 30.5. The summed E-state index contributed by atoms with van der Waals surface area (Å²) in [5, 5.41) is 0. The molecule has 0 saturated carbocycles. The van der Waals surface area contributed by atoms with Gasteiger partial charge in [-0.1, -0.05) is 125 Å². The third kappa shape index (κ3) is 8.13. The molecule has 2 heterocycles. The van der Waals surface area contributed by atoms with Crippen molar-refractivity contribution >= 4 is 22.8 Å². The molecule has 8 rings (SSSR count). The molecule has 53 heavy (non-hydrogen) atoms. The van der Waals surface area contributed by atoms with Crippen molar-refractivity contribution < 1.29 is 20.1 Å². The van der Waals surface area contributed by atoms with E-state index in [1.807, 2.05) is 42.6 Å². The molecular weight excluding hydrogens is 825 g/mol. The Morgan fingerprint density at radius 1 is 0.547 bits per heavy atom. The molecule has 5 heteroatoms. The third-order valence-electron chi connectivity index (χ3n) is 9.19. The average Bonchev–Trinajstić information content (AvgIpc) is 3.86. The maximum Gasteiger partial charge on any atom is 3.00 e. The van der Waals surface area contributed by atoms with Gasteiger partial charge in [-0.15, -0.1) is 48.3 Å². The minimum absolute atomic E-state index is 0. The Balaban J connectivity index is 0.000000183. The molecule has 4 nitrogen and oxygen atoms in total. The molecule has 0 radical (unpaired) electrons. The Morgan fingerprint density at radius 2 is 1.08 bits per heavy atom. The zero-order valence-corrected chi connectivity index (χ0v) is 32.9. The zero-order chi connectivity index (χ0) is 35.9. The molecule has 0 unspecified atom stereocenters. The van der Waals surface area contributed by atoms with E-state index in [0.717, 1.165) is 34.2 Å². The normalized spacial score (nSPS) is 12.5. The number of anilines is 2. The number of benzene rings is 6. The second-order valence-corrected chi connectivity index (χ2v) is 13.4. The van der Waals surface area contributed by atoms with E-state index in [1.165, 1.54) is 27.9 Å². The first-order chi connectivity index (χ1) is 25.5. The summed E-state index contributed by atoms with van der Waals surface area (Å²) in [5.41, 5.74) is 11.8. The Labute approximate surface area is 328 Å². The van der Waals surface area contributed by atoms with E-state index in [1.54, 1.807) is 0 Å². The van der Waals surface area contributed by atoms with E-state index in [-0.39, 0.29) is 20.1 Å². The second-order valence-electron chi connectivity index (χ2n) is 13.4. The van der Waals surface area contributed by atoms with Crippen molar-refractivity contribution in [3.8, 4) is 17.1 Å². The summed E-state index contributed by atoms with van der Waals surface area (Å²) in [6.45, 7) is 11.1. The Morgan fingerprint density at radius 3 is 1.60 bits per heavy atom. The minimum Gasteiger partial charge on any atom is -0.493 e. The Hall–Kier alpha value is -5.48. The third-order valence-corrected chi connectivity index (χ3v) is 9.19. The summed E-state index contributed by atoms with van der Waals surface area (Å²) in [7, 11) is 0. The fraction of sp³-hybridized carbons (Fsp3) is 0.125. The molecule has 7 aromatic rings. The number of rotatable bonds is 8. The number of imidazole rings is 1. The first-order valence-corrected chi connectivity index (χ1v) is 17.9. The molecule has 0 N–H and O–H groups in total. The van der Waals surface area contributed by atoms with Gasteiger partial charge in [-0.2, -0.15) is 30.3 Å². The predicted molar refractivity (Wildman–Crippen MR) is 217 cm³/mol. The van der Waals surface area contributed by atoms with Crippen molar-refractivity contribution in [1.82, 2.24) is 9.55 Å². The first-order valence-electron chi connectivity index (χ1n) is 17.9. The van der Waals surface area contributed by atoms with Gasteiger partial charge in [-0.05, 0) is 46.2 Å². The van der Waals surface area contributed by atoms with Gasteiger partial charge in [0.2, 0.25) is 0 Å². The van der Waals surface area contributed by atoms with Crippen LogP contribution in [0.3, 0.4) is 0 Å². The van der Waals surface area contributed by atoms with E-state index in [4.69, 9.17) is 0 Å². The van der Waals surface area contributed by atoms with Crippen LogP contribution in [0.2, 0.25) is 0 Å². The SMILES string of the molecule is CC(C)c1cccc(C(C)C)c1-n1ccnc1-c1[c-]cccc1.[Ir+3].[c-]1ccccc1N1[CH-]N(c2ccccc2)C(c2ccccc2)=C1c1ccccc1. The standard InChI is InChI=1S/C27H20N2.C21H23N2.Ir/c1-5-13-22(14-6-1)26-27(23-15-7-2-8-16-23)29(25-19-11-4-12-20-25)21-28(26)24-17-9-3-10-18-24;1-15(2)18-11-8-12-19(16(3)4)20(18)23-14-13-22-21(23)17-9-6-5-7-10-17;/h1-19,21H;5-9,11-16H,1-4H3;/q-2;-1;+3. The number of hydrogen-bond donors (Lipinski definition) is 0. The molecule has 0 bridgehead atoms. The van der Waals surface area contributed by atoms with Crippen LogP contribution >= 0.6 is 0 Å². The van der Waals surface area contributed by atoms with Gasteiger partial charge in [0.15, 0.2) is 0 Å². The number of nitrogens with zero attached hydrogens (tertiary/aromatic N) is 4. The molecule has 1 aliphatic heterocycles. The van der Waals surface area contributed by atoms with Crippen LogP contribution in [0, 0.1) is 18.8 Å². The van der Waals surface area contributed by atoms with Gasteiger partial charge >= 0.3 is 20.1 Å². The fourth-order valence-electron chi connectivity index (χ4n) is 6.71. The Bertz CT molecular complexity index is 2090. The smallest absolute Gasteiger partial charge is 0.493 e. The molecule has 264 valence electrons. The summed E-state index contributed by atoms with van der Waals surface area (Å²) in [4.78, 5) is 9.08. The van der Waals surface area contributed by atoms with Crippen molar-refractivity contribution in [3.63, 3.8) is 0 Å². The van der Waals surface area contributed by atoms with Crippen LogP contribution in [-0.2, 0) is 20.1 Å². The van der Waals surface area contributed by atoms with E-state index in [0.29, 0.717) is 11.8 Å². The van der Waals surface area contributed by atoms with Crippen LogP contribution in [0.4, 0.5) is 11.4 Å². The molecule has 1 aliphatic rings. The van der Waals surface area contributed by atoms with Crippen molar-refractivity contribution in [2.45, 2.75) is 39.5 Å². The predicted octanol–water partition coefficient (Wildman–Crippen LogP) is 12.0. The van der Waals surface area contributed by atoms with E-state index in [9.17, 15) is 0 Å². The molecule has 0 saturated heterocycles. The molecule has 0 fully saturated rings. The Kier molecular flexibility index (Phi) is 12.2. The van der Waals surface area contributed by atoms with E-state index >= 15 is 0 Å². The van der Waals surface area contributed by atoms with Gasteiger partial charge in [0.25, 0.3) is 0 Å². The van der Waals surface area contributed by atoms with Crippen molar-refractivity contribution in [2.75, 3.05) is 9.80 Å². The molecule has 6 aromatic carbocycles. The fourth-order valence-corrected chi connectivity index (χ4v) is 6.71. The molecule has 1 aromatic heterocycles. The molecule has 0 spiro atoms. The largest absolute Gasteiger partial charge is 3.00 e. The van der Waals surface area contributed by atoms with Crippen LogP contribution < -0.4 is 9.80 Å². The van der Waals surface area contributed by atoms with Gasteiger partial charge in [0.05, 0.1) is 5.82 Å². The first kappa shape index (κ1) is 37.3. The van der Waals surface area contributed by atoms with Crippen molar-refractivity contribution in [1.29, 1.82) is 0 Å². The number of hydrogen-bond acceptors (Lipinski definition) is 3. The number of para-hydroxylation sites is 3. The van der Waals surface area contributed by atoms with Crippen LogP contribution in [0.5, 0.6) is 0 Å². The van der Waals surface area contributed by atoms with Gasteiger partial charge in [0, 0.05) is 35.2 Å². The molecule has 0 atom stereocenters. The quantitative estimate of drug-likeness (QED) is 0.142. The summed E-state index contributed by atoms with van der Waals surface area (Å²) in [6, 6.07) is 61.0. The maximum atomic E-state index is 4.60. The van der Waals surface area contributed by atoms with Gasteiger partial charge < -0.3 is 14.4 Å². The molecular formula is C48H43IrN4. The van der Waals surface area contributed by atoms with Gasteiger partial charge in [-0.3, -0.25) is 4.98 Å². The summed E-state index contributed by atoms with van der Waals surface area (Å²) in [6.07, 6.45) is 3.93. The monoisotopic (exact) mass is 868 g/mol.